The third-order valence-corrected chi connectivity index (χ3v) is 5.69. The molecule has 0 unspecified atom stereocenters. The molecule has 0 N–H and O–H groups in total. The monoisotopic (exact) mass is 345 g/mol. The zero-order valence-corrected chi connectivity index (χ0v) is 14.8. The minimum absolute atomic E-state index is 0.0425. The van der Waals surface area contributed by atoms with Gasteiger partial charge in [-0.05, 0) is 25.8 Å². The van der Waals surface area contributed by atoms with Gasteiger partial charge in [-0.2, -0.15) is 10.1 Å². The molecule has 1 aliphatic heterocycles. The van der Waals surface area contributed by atoms with E-state index < -0.39 is 0 Å². The van der Waals surface area contributed by atoms with Crippen LogP contribution >= 0.6 is 11.3 Å². The Hall–Kier alpha value is -2.22. The van der Waals surface area contributed by atoms with Crippen LogP contribution in [0.15, 0.2) is 10.6 Å². The van der Waals surface area contributed by atoms with Crippen LogP contribution in [0.5, 0.6) is 0 Å². The van der Waals surface area contributed by atoms with Gasteiger partial charge in [0.1, 0.15) is 4.83 Å². The van der Waals surface area contributed by atoms with Crippen LogP contribution in [0.4, 0.5) is 0 Å². The molecule has 24 heavy (non-hydrogen) atoms. The summed E-state index contributed by atoms with van der Waals surface area (Å²) in [7, 11) is 1.91. The average Bonchev–Trinajstić information content (AvgIpc) is 3.33. The molecule has 8 heteroatoms. The summed E-state index contributed by atoms with van der Waals surface area (Å²) < 4.78 is 7.05. The number of carbonyl (C=O) groups is 1. The lowest BCUT2D eigenvalue weighted by Gasteiger charge is -2.21. The van der Waals surface area contributed by atoms with Crippen molar-refractivity contribution in [3.05, 3.63) is 28.4 Å². The fourth-order valence-electron chi connectivity index (χ4n) is 3.28. The summed E-state index contributed by atoms with van der Waals surface area (Å²) in [6, 6.07) is 1.86. The van der Waals surface area contributed by atoms with E-state index >= 15 is 0 Å². The molecule has 1 fully saturated rings. The Morgan fingerprint density at radius 3 is 3.04 bits per heavy atom. The summed E-state index contributed by atoms with van der Waals surface area (Å²) in [5.41, 5.74) is 0.950. The van der Waals surface area contributed by atoms with Gasteiger partial charge < -0.3 is 9.42 Å². The van der Waals surface area contributed by atoms with Gasteiger partial charge in [0.05, 0.1) is 16.6 Å². The van der Waals surface area contributed by atoms with Crippen molar-refractivity contribution >= 4 is 27.5 Å². The predicted molar refractivity (Wildman–Crippen MR) is 90.0 cm³/mol. The van der Waals surface area contributed by atoms with E-state index in [0.29, 0.717) is 18.1 Å². The fourth-order valence-corrected chi connectivity index (χ4v) is 4.36. The van der Waals surface area contributed by atoms with Gasteiger partial charge in [0.15, 0.2) is 5.82 Å². The van der Waals surface area contributed by atoms with E-state index in [4.69, 9.17) is 4.52 Å². The summed E-state index contributed by atoms with van der Waals surface area (Å²) in [5.74, 6) is 1.28. The molecular formula is C16H19N5O2S. The predicted octanol–water partition coefficient (Wildman–Crippen LogP) is 2.87. The van der Waals surface area contributed by atoms with Gasteiger partial charge in [-0.25, -0.2) is 0 Å². The van der Waals surface area contributed by atoms with Crippen LogP contribution in [0.3, 0.4) is 0 Å². The van der Waals surface area contributed by atoms with Crippen molar-refractivity contribution in [1.29, 1.82) is 0 Å². The van der Waals surface area contributed by atoms with Crippen molar-refractivity contribution in [1.82, 2.24) is 24.8 Å². The minimum Gasteiger partial charge on any atom is -0.339 e. The van der Waals surface area contributed by atoms with Gasteiger partial charge >= 0.3 is 0 Å². The Morgan fingerprint density at radius 2 is 2.33 bits per heavy atom. The molecule has 4 heterocycles. The Labute approximate surface area is 143 Å². The molecule has 0 spiro atoms. The first-order chi connectivity index (χ1) is 11.6. The molecule has 4 rings (SSSR count). The number of fused-ring (bicyclic) bond motifs is 1. The van der Waals surface area contributed by atoms with E-state index in [1.165, 1.54) is 11.3 Å². The Morgan fingerprint density at radius 1 is 1.50 bits per heavy atom. The number of hydrogen-bond acceptors (Lipinski definition) is 6. The molecule has 3 aromatic rings. The first-order valence-corrected chi connectivity index (χ1v) is 8.96. The van der Waals surface area contributed by atoms with Crippen LogP contribution in [0, 0.1) is 6.92 Å². The smallest absolute Gasteiger partial charge is 0.264 e. The fraction of sp³-hybridized carbons (Fsp3) is 0.500. The summed E-state index contributed by atoms with van der Waals surface area (Å²) in [6.07, 6.45) is 2.54. The van der Waals surface area contributed by atoms with E-state index in [2.05, 4.69) is 15.2 Å². The molecule has 1 atom stereocenters. The van der Waals surface area contributed by atoms with Gasteiger partial charge in [-0.1, -0.05) is 12.1 Å². The maximum absolute atomic E-state index is 13.0. The highest BCUT2D eigenvalue weighted by Crippen LogP contribution is 2.35. The summed E-state index contributed by atoms with van der Waals surface area (Å²) in [4.78, 5) is 21.1. The maximum Gasteiger partial charge on any atom is 0.264 e. The van der Waals surface area contributed by atoms with Gasteiger partial charge in [-0.3, -0.25) is 9.48 Å². The molecule has 3 aromatic heterocycles. The number of thiophene rings is 1. The molecule has 1 aliphatic rings. The second-order valence-corrected chi connectivity index (χ2v) is 7.13. The van der Waals surface area contributed by atoms with Crippen LogP contribution in [0.1, 0.15) is 52.9 Å². The first-order valence-electron chi connectivity index (χ1n) is 8.15. The molecule has 0 aliphatic carbocycles. The second kappa shape index (κ2) is 5.70. The van der Waals surface area contributed by atoms with Crippen LogP contribution in [0.25, 0.3) is 10.2 Å². The number of amides is 1. The van der Waals surface area contributed by atoms with Crippen molar-refractivity contribution in [3.63, 3.8) is 0 Å². The van der Waals surface area contributed by atoms with Crippen molar-refractivity contribution < 1.29 is 9.32 Å². The highest BCUT2D eigenvalue weighted by molar-refractivity contribution is 7.20. The van der Waals surface area contributed by atoms with Gasteiger partial charge in [0, 0.05) is 25.4 Å². The summed E-state index contributed by atoms with van der Waals surface area (Å²) >= 11 is 1.49. The zero-order chi connectivity index (χ0) is 16.8. The molecule has 7 nitrogen and oxygen atoms in total. The molecule has 0 radical (unpaired) electrons. The largest absolute Gasteiger partial charge is 0.339 e. The molecule has 126 valence electrons. The molecule has 0 aromatic carbocycles. The molecule has 1 amide bonds. The van der Waals surface area contributed by atoms with Gasteiger partial charge in [-0.15, -0.1) is 11.3 Å². The minimum atomic E-state index is -0.0917. The molecule has 1 saturated heterocycles. The van der Waals surface area contributed by atoms with E-state index in [9.17, 15) is 4.79 Å². The third-order valence-electron chi connectivity index (χ3n) is 4.50. The lowest BCUT2D eigenvalue weighted by Crippen LogP contribution is -2.30. The number of aryl methyl sites for hydroxylation is 3. The molecule has 0 saturated carbocycles. The third kappa shape index (κ3) is 2.32. The number of nitrogens with zero attached hydrogens (tertiary/aromatic N) is 5. The Kier molecular flexibility index (Phi) is 3.64. The maximum atomic E-state index is 13.0. The molecular weight excluding hydrogens is 326 g/mol. The number of likely N-dealkylation sites (tertiary alicyclic amines) is 1. The Bertz CT molecular complexity index is 874. The number of hydrogen-bond donors (Lipinski definition) is 0. The van der Waals surface area contributed by atoms with Crippen molar-refractivity contribution in [2.24, 2.45) is 7.05 Å². The highest BCUT2D eigenvalue weighted by atomic mass is 32.1. The van der Waals surface area contributed by atoms with Gasteiger partial charge in [0.25, 0.3) is 5.91 Å². The van der Waals surface area contributed by atoms with E-state index in [-0.39, 0.29) is 11.9 Å². The van der Waals surface area contributed by atoms with Crippen molar-refractivity contribution in [2.75, 3.05) is 6.54 Å². The SMILES string of the molecule is CCc1nc([C@@H]2CCCN2C(=O)c2cc3c(C)nn(C)c3s2)no1. The van der Waals surface area contributed by atoms with Gasteiger partial charge in [0.2, 0.25) is 5.89 Å². The van der Waals surface area contributed by atoms with Crippen molar-refractivity contribution in [3.8, 4) is 0 Å². The van der Waals surface area contributed by atoms with E-state index in [1.54, 1.807) is 0 Å². The summed E-state index contributed by atoms with van der Waals surface area (Å²) in [6.45, 7) is 4.67. The van der Waals surface area contributed by atoms with Crippen LogP contribution in [-0.2, 0) is 13.5 Å². The quantitative estimate of drug-likeness (QED) is 0.729. The van der Waals surface area contributed by atoms with E-state index in [1.807, 2.05) is 36.5 Å². The standard InChI is InChI=1S/C16H19N5O2S/c1-4-13-17-14(19-23-13)11-6-5-7-21(11)15(22)12-8-10-9(2)18-20(3)16(10)24-12/h8,11H,4-7H2,1-3H3/t11-/m0/s1. The molecule has 0 bridgehead atoms. The summed E-state index contributed by atoms with van der Waals surface area (Å²) in [5, 5.41) is 9.51. The Balaban J connectivity index is 1.65. The highest BCUT2D eigenvalue weighted by Gasteiger charge is 2.34. The number of aromatic nitrogens is 4. The number of rotatable bonds is 3. The number of carbonyl (C=O) groups excluding carboxylic acids is 1. The second-order valence-electron chi connectivity index (χ2n) is 6.09. The topological polar surface area (TPSA) is 77.1 Å². The average molecular weight is 345 g/mol. The van der Waals surface area contributed by atoms with Crippen LogP contribution in [0.2, 0.25) is 0 Å². The van der Waals surface area contributed by atoms with Crippen LogP contribution in [-0.4, -0.2) is 37.3 Å². The lowest BCUT2D eigenvalue weighted by atomic mass is 10.2. The zero-order valence-electron chi connectivity index (χ0n) is 13.9. The normalized spacial score (nSPS) is 18.0. The first kappa shape index (κ1) is 15.3. The van der Waals surface area contributed by atoms with Crippen LogP contribution < -0.4 is 0 Å². The lowest BCUT2D eigenvalue weighted by molar-refractivity contribution is 0.0733. The van der Waals surface area contributed by atoms with E-state index in [0.717, 1.165) is 40.2 Å². The van der Waals surface area contributed by atoms with Crippen molar-refractivity contribution in [2.45, 2.75) is 39.2 Å².